The van der Waals surface area contributed by atoms with Crippen LogP contribution in [0.5, 0.6) is 11.5 Å². The van der Waals surface area contributed by atoms with Crippen molar-refractivity contribution in [1.29, 1.82) is 0 Å². The van der Waals surface area contributed by atoms with Crippen LogP contribution in [0.2, 0.25) is 0 Å². The Morgan fingerprint density at radius 1 is 1.08 bits per heavy atom. The first-order valence-electron chi connectivity index (χ1n) is 9.81. The molecule has 0 radical (unpaired) electrons. The van der Waals surface area contributed by atoms with Crippen LogP contribution < -0.4 is 9.47 Å². The highest BCUT2D eigenvalue weighted by molar-refractivity contribution is 5.90. The van der Waals surface area contributed by atoms with Crippen LogP contribution >= 0.6 is 0 Å². The van der Waals surface area contributed by atoms with Crippen molar-refractivity contribution in [2.24, 2.45) is 5.92 Å². The molecule has 0 amide bonds. The predicted molar refractivity (Wildman–Crippen MR) is 101 cm³/mol. The van der Waals surface area contributed by atoms with Crippen molar-refractivity contribution >= 4 is 5.97 Å². The van der Waals surface area contributed by atoms with E-state index in [4.69, 9.17) is 14.2 Å². The van der Waals surface area contributed by atoms with E-state index in [1.807, 2.05) is 0 Å². The summed E-state index contributed by atoms with van der Waals surface area (Å²) in [6, 6.07) is 5.88. The van der Waals surface area contributed by atoms with Gasteiger partial charge in [0.25, 0.3) is 0 Å². The van der Waals surface area contributed by atoms with Gasteiger partial charge in [0.15, 0.2) is 11.5 Å². The molecule has 144 valence electrons. The molecule has 0 spiro atoms. The number of benzene rings is 1. The SMILES string of the molecule is COc1ccc(C(=O)OCCC2CCC[N+]3(C)CCCCC23)cc1OC. The van der Waals surface area contributed by atoms with Crippen LogP contribution in [0.3, 0.4) is 0 Å². The van der Waals surface area contributed by atoms with E-state index in [0.717, 1.165) is 12.5 Å². The molecule has 5 nitrogen and oxygen atoms in total. The van der Waals surface area contributed by atoms with Crippen molar-refractivity contribution < 1.29 is 23.5 Å². The Hall–Kier alpha value is -1.75. The number of hydrogen-bond donors (Lipinski definition) is 0. The highest BCUT2D eigenvalue weighted by atomic mass is 16.5. The van der Waals surface area contributed by atoms with Gasteiger partial charge in [-0.15, -0.1) is 0 Å². The minimum atomic E-state index is -0.289. The normalized spacial score (nSPS) is 28.1. The van der Waals surface area contributed by atoms with Crippen molar-refractivity contribution in [3.8, 4) is 11.5 Å². The summed E-state index contributed by atoms with van der Waals surface area (Å²) >= 11 is 0. The summed E-state index contributed by atoms with van der Waals surface area (Å²) in [7, 11) is 5.57. The maximum Gasteiger partial charge on any atom is 0.338 e. The molecule has 3 unspecified atom stereocenters. The summed E-state index contributed by atoms with van der Waals surface area (Å²) < 4.78 is 17.3. The van der Waals surface area contributed by atoms with Crippen molar-refractivity contribution in [2.45, 2.75) is 44.6 Å². The van der Waals surface area contributed by atoms with E-state index in [-0.39, 0.29) is 5.97 Å². The van der Waals surface area contributed by atoms with Gasteiger partial charge in [0.1, 0.15) is 0 Å². The number of carbonyl (C=O) groups excluding carboxylic acids is 1. The third-order valence-corrected chi connectivity index (χ3v) is 6.35. The van der Waals surface area contributed by atoms with Crippen LogP contribution in [-0.4, -0.2) is 57.5 Å². The summed E-state index contributed by atoms with van der Waals surface area (Å²) in [5, 5.41) is 0. The third-order valence-electron chi connectivity index (χ3n) is 6.35. The van der Waals surface area contributed by atoms with Crippen LogP contribution in [-0.2, 0) is 4.74 Å². The minimum Gasteiger partial charge on any atom is -0.493 e. The van der Waals surface area contributed by atoms with Gasteiger partial charge in [0, 0.05) is 5.92 Å². The second-order valence-corrected chi connectivity index (χ2v) is 7.89. The van der Waals surface area contributed by atoms with Gasteiger partial charge in [-0.1, -0.05) is 0 Å². The zero-order chi connectivity index (χ0) is 18.6. The van der Waals surface area contributed by atoms with Crippen LogP contribution in [0.4, 0.5) is 0 Å². The Balaban J connectivity index is 1.55. The van der Waals surface area contributed by atoms with Crippen LogP contribution in [0.1, 0.15) is 48.9 Å². The lowest BCUT2D eigenvalue weighted by atomic mass is 9.80. The molecule has 0 bridgehead atoms. The number of ether oxygens (including phenoxy) is 3. The Morgan fingerprint density at radius 2 is 1.85 bits per heavy atom. The number of carbonyl (C=O) groups is 1. The molecule has 1 aromatic carbocycles. The second kappa shape index (κ2) is 8.30. The molecule has 2 fully saturated rings. The maximum atomic E-state index is 12.4. The Bertz CT molecular complexity index is 628. The molecule has 2 aliphatic rings. The number of nitrogens with zero attached hydrogens (tertiary/aromatic N) is 1. The lowest BCUT2D eigenvalue weighted by Crippen LogP contribution is -2.60. The molecule has 0 N–H and O–H groups in total. The average molecular weight is 362 g/mol. The van der Waals surface area contributed by atoms with Crippen molar-refractivity contribution in [2.75, 3.05) is 41.0 Å². The lowest BCUT2D eigenvalue weighted by molar-refractivity contribution is -0.947. The van der Waals surface area contributed by atoms with Gasteiger partial charge in [0.05, 0.1) is 52.6 Å². The molecule has 2 aliphatic heterocycles. The Kier molecular flexibility index (Phi) is 6.07. The van der Waals surface area contributed by atoms with Gasteiger partial charge in [-0.05, 0) is 56.7 Å². The van der Waals surface area contributed by atoms with Crippen LogP contribution in [0, 0.1) is 5.92 Å². The van der Waals surface area contributed by atoms with E-state index in [9.17, 15) is 4.79 Å². The summed E-state index contributed by atoms with van der Waals surface area (Å²) in [6.07, 6.45) is 7.56. The second-order valence-electron chi connectivity index (χ2n) is 7.89. The smallest absolute Gasteiger partial charge is 0.338 e. The van der Waals surface area contributed by atoms with E-state index >= 15 is 0 Å². The lowest BCUT2D eigenvalue weighted by Gasteiger charge is -2.51. The molecule has 1 aromatic rings. The molecular weight excluding hydrogens is 330 g/mol. The first-order valence-corrected chi connectivity index (χ1v) is 9.81. The summed E-state index contributed by atoms with van der Waals surface area (Å²) in [5.74, 6) is 1.54. The van der Waals surface area contributed by atoms with E-state index in [0.29, 0.717) is 29.6 Å². The van der Waals surface area contributed by atoms with E-state index in [2.05, 4.69) is 7.05 Å². The number of quaternary nitrogens is 1. The average Bonchev–Trinajstić information content (AvgIpc) is 2.66. The molecule has 3 atom stereocenters. The van der Waals surface area contributed by atoms with Gasteiger partial charge in [-0.3, -0.25) is 0 Å². The molecule has 2 heterocycles. The summed E-state index contributed by atoms with van der Waals surface area (Å²) in [6.45, 7) is 3.12. The van der Waals surface area contributed by atoms with Crippen LogP contribution in [0.15, 0.2) is 18.2 Å². The number of esters is 1. The number of fused-ring (bicyclic) bond motifs is 1. The largest absolute Gasteiger partial charge is 0.493 e. The monoisotopic (exact) mass is 362 g/mol. The van der Waals surface area contributed by atoms with Crippen LogP contribution in [0.25, 0.3) is 0 Å². The van der Waals surface area contributed by atoms with Crippen molar-refractivity contribution in [3.63, 3.8) is 0 Å². The van der Waals surface area contributed by atoms with Crippen molar-refractivity contribution in [1.82, 2.24) is 0 Å². The zero-order valence-electron chi connectivity index (χ0n) is 16.3. The van der Waals surface area contributed by atoms with E-state index < -0.39 is 0 Å². The molecule has 0 aliphatic carbocycles. The first-order chi connectivity index (χ1) is 12.6. The molecule has 0 saturated carbocycles. The molecule has 0 aromatic heterocycles. The number of hydrogen-bond acceptors (Lipinski definition) is 4. The van der Waals surface area contributed by atoms with E-state index in [1.54, 1.807) is 32.4 Å². The maximum absolute atomic E-state index is 12.4. The number of piperidine rings is 2. The molecule has 26 heavy (non-hydrogen) atoms. The fourth-order valence-electron chi connectivity index (χ4n) is 4.92. The highest BCUT2D eigenvalue weighted by Crippen LogP contribution is 2.37. The minimum absolute atomic E-state index is 0.289. The predicted octanol–water partition coefficient (Wildman–Crippen LogP) is 3.66. The first kappa shape index (κ1) is 19.0. The van der Waals surface area contributed by atoms with Gasteiger partial charge >= 0.3 is 5.97 Å². The number of methoxy groups -OCH3 is 2. The molecular formula is C21H32NO4+. The highest BCUT2D eigenvalue weighted by Gasteiger charge is 2.43. The fraction of sp³-hybridized carbons (Fsp3) is 0.667. The summed E-state index contributed by atoms with van der Waals surface area (Å²) in [5.41, 5.74) is 0.504. The standard InChI is InChI=1S/C21H32NO4/c1-22-12-5-4-8-18(22)16(7-6-13-22)11-14-26-21(23)17-9-10-19(24-2)20(15-17)25-3/h9-10,15-16,18H,4-8,11-14H2,1-3H3/q+1. The topological polar surface area (TPSA) is 44.8 Å². The van der Waals surface area contributed by atoms with Gasteiger partial charge in [-0.25, -0.2) is 4.79 Å². The quantitative estimate of drug-likeness (QED) is 0.572. The summed E-state index contributed by atoms with van der Waals surface area (Å²) in [4.78, 5) is 12.4. The fourth-order valence-corrected chi connectivity index (χ4v) is 4.92. The third kappa shape index (κ3) is 3.98. The zero-order valence-corrected chi connectivity index (χ0v) is 16.3. The van der Waals surface area contributed by atoms with Gasteiger partial charge in [0.2, 0.25) is 0 Å². The Morgan fingerprint density at radius 3 is 2.62 bits per heavy atom. The molecule has 3 rings (SSSR count). The molecule has 5 heteroatoms. The number of rotatable bonds is 6. The van der Waals surface area contributed by atoms with Gasteiger partial charge < -0.3 is 18.7 Å². The Labute approximate surface area is 156 Å². The van der Waals surface area contributed by atoms with E-state index in [1.165, 1.54) is 49.7 Å². The van der Waals surface area contributed by atoms with Crippen molar-refractivity contribution in [3.05, 3.63) is 23.8 Å². The van der Waals surface area contributed by atoms with Gasteiger partial charge in [-0.2, -0.15) is 0 Å². The molecule has 2 saturated heterocycles.